The molecule has 1 unspecified atom stereocenters. The number of carbonyl (C=O) groups is 2. The molecule has 0 aliphatic carbocycles. The first-order valence-electron chi connectivity index (χ1n) is 10.9. The Balaban J connectivity index is 1.85. The van der Waals surface area contributed by atoms with E-state index in [1.54, 1.807) is 61.4 Å². The van der Waals surface area contributed by atoms with Gasteiger partial charge in [0.15, 0.2) is 5.72 Å². The molecule has 2 amide bonds. The van der Waals surface area contributed by atoms with Crippen LogP contribution in [0.15, 0.2) is 60.8 Å². The molecule has 7 nitrogen and oxygen atoms in total. The maximum Gasteiger partial charge on any atom is 0.257 e. The zero-order valence-electron chi connectivity index (χ0n) is 19.5. The number of hydrogen-bond acceptors (Lipinski definition) is 5. The second-order valence-electron chi connectivity index (χ2n) is 8.66. The van der Waals surface area contributed by atoms with Gasteiger partial charge in [-0.15, -0.1) is 0 Å². The molecular formula is C26H25Cl2N3O4. The summed E-state index contributed by atoms with van der Waals surface area (Å²) in [6.45, 7) is 3.12. The van der Waals surface area contributed by atoms with E-state index in [1.165, 1.54) is 13.1 Å². The number of aromatic nitrogens is 1. The average Bonchev–Trinajstić information content (AvgIpc) is 3.07. The van der Waals surface area contributed by atoms with Crippen LogP contribution < -0.4 is 5.32 Å². The van der Waals surface area contributed by atoms with Gasteiger partial charge in [0.05, 0.1) is 23.8 Å². The van der Waals surface area contributed by atoms with E-state index < -0.39 is 11.3 Å². The Morgan fingerprint density at radius 2 is 1.83 bits per heavy atom. The Hall–Kier alpha value is -2.97. The van der Waals surface area contributed by atoms with E-state index in [0.29, 0.717) is 38.0 Å². The van der Waals surface area contributed by atoms with Crippen molar-refractivity contribution in [1.29, 1.82) is 0 Å². The number of amides is 2. The molecule has 2 N–H and O–H groups in total. The largest absolute Gasteiger partial charge is 0.384 e. The number of pyridine rings is 1. The van der Waals surface area contributed by atoms with Crippen LogP contribution in [0.1, 0.15) is 46.6 Å². The smallest absolute Gasteiger partial charge is 0.257 e. The second-order valence-corrected chi connectivity index (χ2v) is 9.53. The minimum atomic E-state index is -1.39. The number of carbonyl (C=O) groups excluding carboxylic acids is 2. The molecule has 0 radical (unpaired) electrons. The van der Waals surface area contributed by atoms with Gasteiger partial charge in [0.1, 0.15) is 5.60 Å². The third-order valence-electron chi connectivity index (χ3n) is 6.18. The van der Waals surface area contributed by atoms with E-state index in [2.05, 4.69) is 10.3 Å². The fourth-order valence-corrected chi connectivity index (χ4v) is 4.59. The molecule has 9 heteroatoms. The van der Waals surface area contributed by atoms with Crippen molar-refractivity contribution in [1.82, 2.24) is 15.2 Å². The standard InChI is InChI=1S/C26H25Cl2N3O4/c1-16(32)30-15-25(2,34)18-6-11-23-22(12-18)24(33)31(14-21-10-9-20(28)13-29-21)26(23,35-3)17-4-7-19(27)8-5-17/h4-13,34H,14-15H2,1-3H3,(H,30,32)/t25?,26-/m1/s1. The van der Waals surface area contributed by atoms with E-state index >= 15 is 0 Å². The summed E-state index contributed by atoms with van der Waals surface area (Å²) in [5.41, 5.74) is 0.206. The lowest BCUT2D eigenvalue weighted by molar-refractivity contribution is -0.120. The molecule has 182 valence electrons. The summed E-state index contributed by atoms with van der Waals surface area (Å²) in [6, 6.07) is 15.8. The predicted molar refractivity (Wildman–Crippen MR) is 133 cm³/mol. The zero-order chi connectivity index (χ0) is 25.4. The number of methoxy groups -OCH3 is 1. The van der Waals surface area contributed by atoms with Crippen molar-refractivity contribution >= 4 is 35.0 Å². The molecule has 3 aromatic rings. The molecule has 1 aliphatic rings. The van der Waals surface area contributed by atoms with Crippen LogP contribution in [0.25, 0.3) is 0 Å². The molecule has 0 bridgehead atoms. The summed E-state index contributed by atoms with van der Waals surface area (Å²) < 4.78 is 6.12. The highest BCUT2D eigenvalue weighted by Crippen LogP contribution is 2.46. The summed E-state index contributed by atoms with van der Waals surface area (Å²) in [5.74, 6) is -0.545. The number of rotatable bonds is 7. The number of ether oxygens (including phenoxy) is 1. The van der Waals surface area contributed by atoms with Crippen LogP contribution >= 0.6 is 23.2 Å². The number of aliphatic hydroxyl groups is 1. The van der Waals surface area contributed by atoms with Crippen LogP contribution in [0.2, 0.25) is 10.0 Å². The van der Waals surface area contributed by atoms with Crippen LogP contribution in [0.3, 0.4) is 0 Å². The lowest BCUT2D eigenvalue weighted by atomic mass is 9.88. The third kappa shape index (κ3) is 4.65. The van der Waals surface area contributed by atoms with Gasteiger partial charge in [-0.1, -0.05) is 47.5 Å². The SMILES string of the molecule is CO[C@]1(c2ccc(Cl)cc2)c2ccc(C(C)(O)CNC(C)=O)cc2C(=O)N1Cc1ccc(Cl)cn1. The molecule has 2 aromatic carbocycles. The summed E-state index contributed by atoms with van der Waals surface area (Å²) in [5, 5.41) is 14.7. The van der Waals surface area contributed by atoms with Gasteiger partial charge in [-0.3, -0.25) is 19.5 Å². The van der Waals surface area contributed by atoms with Gasteiger partial charge in [0.2, 0.25) is 5.91 Å². The molecule has 0 spiro atoms. The van der Waals surface area contributed by atoms with E-state index in [4.69, 9.17) is 27.9 Å². The number of nitrogens with one attached hydrogen (secondary N) is 1. The molecular weight excluding hydrogens is 489 g/mol. The van der Waals surface area contributed by atoms with Gasteiger partial charge >= 0.3 is 0 Å². The highest BCUT2D eigenvalue weighted by atomic mass is 35.5. The van der Waals surface area contributed by atoms with Gasteiger partial charge in [0, 0.05) is 41.9 Å². The second kappa shape index (κ2) is 9.59. The summed E-state index contributed by atoms with van der Waals surface area (Å²) >= 11 is 12.1. The highest BCUT2D eigenvalue weighted by Gasteiger charge is 2.52. The molecule has 1 aromatic heterocycles. The first-order chi connectivity index (χ1) is 16.6. The number of halogens is 2. The van der Waals surface area contributed by atoms with Gasteiger partial charge in [0.25, 0.3) is 5.91 Å². The molecule has 0 saturated heterocycles. The maximum absolute atomic E-state index is 13.8. The lowest BCUT2D eigenvalue weighted by Gasteiger charge is -2.38. The molecule has 2 atom stereocenters. The minimum Gasteiger partial charge on any atom is -0.384 e. The van der Waals surface area contributed by atoms with Crippen LogP contribution in [0.4, 0.5) is 0 Å². The highest BCUT2D eigenvalue weighted by molar-refractivity contribution is 6.30. The first kappa shape index (κ1) is 25.1. The Labute approximate surface area is 213 Å². The predicted octanol–water partition coefficient (Wildman–Crippen LogP) is 4.24. The molecule has 0 saturated carbocycles. The third-order valence-corrected chi connectivity index (χ3v) is 6.66. The van der Waals surface area contributed by atoms with Crippen molar-refractivity contribution in [2.24, 2.45) is 0 Å². The summed E-state index contributed by atoms with van der Waals surface area (Å²) in [4.78, 5) is 31.2. The fraction of sp³-hybridized carbons (Fsp3) is 0.269. The lowest BCUT2D eigenvalue weighted by Crippen LogP contribution is -2.45. The number of fused-ring (bicyclic) bond motifs is 1. The van der Waals surface area contributed by atoms with Crippen LogP contribution in [0, 0.1) is 0 Å². The Morgan fingerprint density at radius 1 is 1.14 bits per heavy atom. The topological polar surface area (TPSA) is 91.8 Å². The summed E-state index contributed by atoms with van der Waals surface area (Å²) in [7, 11) is 1.54. The zero-order valence-corrected chi connectivity index (χ0v) is 21.0. The van der Waals surface area contributed by atoms with Gasteiger partial charge in [-0.05, 0) is 42.8 Å². The molecule has 4 rings (SSSR count). The van der Waals surface area contributed by atoms with Crippen LogP contribution in [0.5, 0.6) is 0 Å². The number of benzene rings is 2. The van der Waals surface area contributed by atoms with Gasteiger partial charge < -0.3 is 15.2 Å². The van der Waals surface area contributed by atoms with Crippen LogP contribution in [-0.4, -0.2) is 40.5 Å². The van der Waals surface area contributed by atoms with E-state index in [9.17, 15) is 14.7 Å². The van der Waals surface area contributed by atoms with Gasteiger partial charge in [-0.2, -0.15) is 0 Å². The monoisotopic (exact) mass is 513 g/mol. The van der Waals surface area contributed by atoms with Gasteiger partial charge in [-0.25, -0.2) is 0 Å². The molecule has 1 aliphatic heterocycles. The van der Waals surface area contributed by atoms with Crippen LogP contribution in [-0.2, 0) is 27.4 Å². The normalized spacial score (nSPS) is 18.8. The Bertz CT molecular complexity index is 1260. The van der Waals surface area contributed by atoms with Crippen molar-refractivity contribution < 1.29 is 19.4 Å². The Kier molecular flexibility index (Phi) is 6.88. The van der Waals surface area contributed by atoms with E-state index in [0.717, 1.165) is 0 Å². The fourth-order valence-electron chi connectivity index (χ4n) is 4.35. The maximum atomic E-state index is 13.8. The number of nitrogens with zero attached hydrogens (tertiary/aromatic N) is 2. The van der Waals surface area contributed by atoms with Crippen molar-refractivity contribution in [3.05, 3.63) is 98.8 Å². The number of hydrogen-bond donors (Lipinski definition) is 2. The molecule has 0 fully saturated rings. The summed E-state index contributed by atoms with van der Waals surface area (Å²) in [6.07, 6.45) is 1.53. The van der Waals surface area contributed by atoms with E-state index in [-0.39, 0.29) is 24.9 Å². The average molecular weight is 514 g/mol. The van der Waals surface area contributed by atoms with E-state index in [1.807, 2.05) is 12.1 Å². The molecule has 35 heavy (non-hydrogen) atoms. The van der Waals surface area contributed by atoms with Crippen molar-refractivity contribution in [3.63, 3.8) is 0 Å². The quantitative estimate of drug-likeness (QED) is 0.493. The Morgan fingerprint density at radius 3 is 2.43 bits per heavy atom. The first-order valence-corrected chi connectivity index (χ1v) is 11.7. The van der Waals surface area contributed by atoms with Crippen molar-refractivity contribution in [2.45, 2.75) is 31.7 Å². The molecule has 2 heterocycles. The van der Waals surface area contributed by atoms with Crippen molar-refractivity contribution in [2.75, 3.05) is 13.7 Å². The minimum absolute atomic E-state index is 0.000322. The van der Waals surface area contributed by atoms with Crippen molar-refractivity contribution in [3.8, 4) is 0 Å².